The van der Waals surface area contributed by atoms with Crippen molar-refractivity contribution in [3.8, 4) is 0 Å². The highest BCUT2D eigenvalue weighted by atomic mass is 16.4. The molecule has 1 fully saturated rings. The summed E-state index contributed by atoms with van der Waals surface area (Å²) in [4.78, 5) is 47.7. The van der Waals surface area contributed by atoms with Crippen LogP contribution in [0.4, 0.5) is 0 Å². The van der Waals surface area contributed by atoms with Gasteiger partial charge in [0.2, 0.25) is 0 Å². The first-order chi connectivity index (χ1) is 13.2. The molecule has 160 valence electrons. The summed E-state index contributed by atoms with van der Waals surface area (Å²) in [5, 5.41) is 37.8. The maximum absolute atomic E-state index is 11.7. The van der Waals surface area contributed by atoms with Gasteiger partial charge >= 0.3 is 23.9 Å². The van der Waals surface area contributed by atoms with Gasteiger partial charge in [0.25, 0.3) is 0 Å². The number of carboxylic acid groups (broad SMARTS) is 4. The first-order valence-electron chi connectivity index (χ1n) is 9.79. The summed E-state index contributed by atoms with van der Waals surface area (Å²) in [6.45, 7) is -0.292. The molecule has 0 spiro atoms. The van der Waals surface area contributed by atoms with Crippen LogP contribution in [0.1, 0.15) is 70.6 Å². The van der Waals surface area contributed by atoms with Gasteiger partial charge in [-0.05, 0) is 25.3 Å². The molecule has 9 nitrogen and oxygen atoms in total. The van der Waals surface area contributed by atoms with Crippen LogP contribution in [0.3, 0.4) is 0 Å². The largest absolute Gasteiger partial charge is 0.481 e. The Morgan fingerprint density at radius 1 is 0.714 bits per heavy atom. The van der Waals surface area contributed by atoms with Crippen molar-refractivity contribution in [1.29, 1.82) is 0 Å². The zero-order valence-electron chi connectivity index (χ0n) is 16.1. The Balaban J connectivity index is 3.45. The molecule has 4 N–H and O–H groups in total. The minimum absolute atomic E-state index is 0.225. The number of aliphatic carboxylic acids is 4. The summed E-state index contributed by atoms with van der Waals surface area (Å²) in [5.74, 6) is -5.64. The van der Waals surface area contributed by atoms with Gasteiger partial charge in [0.15, 0.2) is 0 Å². The van der Waals surface area contributed by atoms with E-state index in [4.69, 9.17) is 0 Å². The molecule has 0 aromatic heterocycles. The van der Waals surface area contributed by atoms with Crippen molar-refractivity contribution in [1.82, 2.24) is 4.90 Å². The van der Waals surface area contributed by atoms with Crippen LogP contribution in [0.2, 0.25) is 0 Å². The summed E-state index contributed by atoms with van der Waals surface area (Å²) in [7, 11) is 0. The molecule has 0 saturated carbocycles. The smallest absolute Gasteiger partial charge is 0.317 e. The number of hydrogen-bond acceptors (Lipinski definition) is 5. The first-order valence-corrected chi connectivity index (χ1v) is 9.79. The summed E-state index contributed by atoms with van der Waals surface area (Å²) in [6.07, 6.45) is 4.69. The summed E-state index contributed by atoms with van der Waals surface area (Å²) in [6, 6.07) is 0. The first kappa shape index (κ1) is 23.9. The SMILES string of the molecule is O=C(O)CC1CCCCCCCCCN(CC(=O)O)C1(CC(=O)O)CC(=O)O. The topological polar surface area (TPSA) is 152 Å². The van der Waals surface area contributed by atoms with Crippen LogP contribution >= 0.6 is 0 Å². The van der Waals surface area contributed by atoms with E-state index in [1.165, 1.54) is 4.90 Å². The molecule has 1 saturated heterocycles. The third-order valence-corrected chi connectivity index (χ3v) is 5.53. The summed E-state index contributed by atoms with van der Waals surface area (Å²) in [5.41, 5.74) is -1.56. The van der Waals surface area contributed by atoms with Gasteiger partial charge in [-0.15, -0.1) is 0 Å². The lowest BCUT2D eigenvalue weighted by Gasteiger charge is -2.47. The average molecular weight is 401 g/mol. The lowest BCUT2D eigenvalue weighted by Crippen LogP contribution is -2.58. The number of nitrogens with zero attached hydrogens (tertiary/aromatic N) is 1. The Bertz CT molecular complexity index is 514. The van der Waals surface area contributed by atoms with Crippen LogP contribution in [-0.4, -0.2) is 67.8 Å². The van der Waals surface area contributed by atoms with Crippen LogP contribution in [0.15, 0.2) is 0 Å². The molecule has 0 bridgehead atoms. The second kappa shape index (κ2) is 11.6. The van der Waals surface area contributed by atoms with Crippen LogP contribution < -0.4 is 0 Å². The molecule has 0 aromatic carbocycles. The fraction of sp³-hybridized carbons (Fsp3) is 0.789. The maximum atomic E-state index is 11.7. The molecule has 28 heavy (non-hydrogen) atoms. The molecule has 1 aliphatic heterocycles. The third-order valence-electron chi connectivity index (χ3n) is 5.53. The van der Waals surface area contributed by atoms with Crippen LogP contribution in [0, 0.1) is 5.92 Å². The lowest BCUT2D eigenvalue weighted by molar-refractivity contribution is -0.156. The van der Waals surface area contributed by atoms with E-state index < -0.39 is 61.1 Å². The van der Waals surface area contributed by atoms with Crippen molar-refractivity contribution in [2.75, 3.05) is 13.1 Å². The quantitative estimate of drug-likeness (QED) is 0.480. The Morgan fingerprint density at radius 3 is 1.68 bits per heavy atom. The molecular formula is C19H31NO8. The zero-order valence-corrected chi connectivity index (χ0v) is 16.1. The minimum Gasteiger partial charge on any atom is -0.481 e. The van der Waals surface area contributed by atoms with Crippen molar-refractivity contribution < 1.29 is 39.6 Å². The van der Waals surface area contributed by atoms with E-state index in [0.717, 1.165) is 32.1 Å². The van der Waals surface area contributed by atoms with Crippen LogP contribution in [0.5, 0.6) is 0 Å². The highest BCUT2D eigenvalue weighted by Gasteiger charge is 2.48. The van der Waals surface area contributed by atoms with E-state index in [2.05, 4.69) is 0 Å². The molecule has 1 rings (SSSR count). The van der Waals surface area contributed by atoms with Crippen molar-refractivity contribution in [2.24, 2.45) is 5.92 Å². The van der Waals surface area contributed by atoms with Crippen LogP contribution in [-0.2, 0) is 19.2 Å². The Kier molecular flexibility index (Phi) is 9.92. The fourth-order valence-electron chi connectivity index (χ4n) is 4.33. The Hall–Kier alpha value is -2.16. The molecular weight excluding hydrogens is 370 g/mol. The number of carboxylic acids is 4. The summed E-state index contributed by atoms with van der Waals surface area (Å²) < 4.78 is 0. The van der Waals surface area contributed by atoms with Gasteiger partial charge < -0.3 is 20.4 Å². The Labute approximate surface area is 164 Å². The van der Waals surface area contributed by atoms with E-state index in [9.17, 15) is 39.6 Å². The maximum Gasteiger partial charge on any atom is 0.317 e. The standard InChI is InChI=1S/C19H31NO8/c21-15(22)10-14-8-6-4-2-1-3-5-7-9-20(13-18(27)28)19(14,11-16(23)24)12-17(25)26/h14H,1-13H2,(H,21,22)(H,23,24)(H,25,26)(H,27,28). The van der Waals surface area contributed by atoms with E-state index >= 15 is 0 Å². The molecule has 9 heteroatoms. The van der Waals surface area contributed by atoms with Crippen molar-refractivity contribution >= 4 is 23.9 Å². The second-order valence-electron chi connectivity index (χ2n) is 7.62. The van der Waals surface area contributed by atoms with Gasteiger partial charge in [0.05, 0.1) is 19.4 Å². The second-order valence-corrected chi connectivity index (χ2v) is 7.62. The molecule has 1 heterocycles. The number of rotatable bonds is 8. The molecule has 0 aliphatic carbocycles. The highest BCUT2D eigenvalue weighted by Crippen LogP contribution is 2.39. The van der Waals surface area contributed by atoms with Gasteiger partial charge in [-0.3, -0.25) is 24.1 Å². The molecule has 1 unspecified atom stereocenters. The highest BCUT2D eigenvalue weighted by molar-refractivity contribution is 5.75. The lowest BCUT2D eigenvalue weighted by atomic mass is 9.72. The van der Waals surface area contributed by atoms with E-state index in [1.807, 2.05) is 0 Å². The fourth-order valence-corrected chi connectivity index (χ4v) is 4.33. The monoisotopic (exact) mass is 401 g/mol. The summed E-state index contributed by atoms with van der Waals surface area (Å²) >= 11 is 0. The molecule has 0 radical (unpaired) electrons. The number of hydrogen-bond donors (Lipinski definition) is 4. The molecule has 0 amide bonds. The average Bonchev–Trinajstić information content (AvgIpc) is 2.54. The predicted octanol–water partition coefficient (Wildman–Crippen LogP) is 2.29. The van der Waals surface area contributed by atoms with E-state index in [-0.39, 0.29) is 6.54 Å². The molecule has 0 aromatic rings. The van der Waals surface area contributed by atoms with Crippen LogP contribution in [0.25, 0.3) is 0 Å². The molecule has 1 aliphatic rings. The van der Waals surface area contributed by atoms with Gasteiger partial charge in [0.1, 0.15) is 0 Å². The van der Waals surface area contributed by atoms with Crippen molar-refractivity contribution in [3.63, 3.8) is 0 Å². The number of carbonyl (C=O) groups is 4. The third kappa shape index (κ3) is 7.84. The normalized spacial score (nSPS) is 21.8. The van der Waals surface area contributed by atoms with E-state index in [1.54, 1.807) is 0 Å². The van der Waals surface area contributed by atoms with E-state index in [0.29, 0.717) is 19.3 Å². The van der Waals surface area contributed by atoms with Gasteiger partial charge in [-0.1, -0.05) is 38.5 Å². The van der Waals surface area contributed by atoms with Crippen molar-refractivity contribution in [3.05, 3.63) is 0 Å². The Morgan fingerprint density at radius 2 is 1.21 bits per heavy atom. The predicted molar refractivity (Wildman–Crippen MR) is 99.1 cm³/mol. The zero-order chi connectivity index (χ0) is 21.2. The van der Waals surface area contributed by atoms with Gasteiger partial charge in [-0.2, -0.15) is 0 Å². The van der Waals surface area contributed by atoms with Crippen molar-refractivity contribution in [2.45, 2.75) is 76.2 Å². The molecule has 1 atom stereocenters. The van der Waals surface area contributed by atoms with Gasteiger partial charge in [-0.25, -0.2) is 0 Å². The minimum atomic E-state index is -1.56. The van der Waals surface area contributed by atoms with Gasteiger partial charge in [0, 0.05) is 12.0 Å².